The lowest BCUT2D eigenvalue weighted by atomic mass is 10.2. The van der Waals surface area contributed by atoms with Crippen LogP contribution in [0.15, 0.2) is 0 Å². The molecule has 13 heteroatoms. The summed E-state index contributed by atoms with van der Waals surface area (Å²) >= 11 is 0. The molecule has 146 valence electrons. The molecule has 0 spiro atoms. The summed E-state index contributed by atoms with van der Waals surface area (Å²) in [6.07, 6.45) is -1.25. The zero-order valence-corrected chi connectivity index (χ0v) is 13.9. The van der Waals surface area contributed by atoms with E-state index in [9.17, 15) is 28.8 Å². The lowest BCUT2D eigenvalue weighted by Gasteiger charge is -2.18. The number of carboxylic acids is 2. The standard InChI is InChI=1S/C13H21N5O8/c1-5(11(23)18-7(13(25)26)3-10(21)22)17-9(20)4-16-12(24)6(14)2-8(15)19/h5-7H,2-4,14H2,1H3,(H2,15,19)(H,16,24)(H,17,20)(H,18,23)(H,21,22)(H,25,26). The molecule has 0 aromatic rings. The van der Waals surface area contributed by atoms with Crippen LogP contribution in [-0.2, 0) is 28.8 Å². The van der Waals surface area contributed by atoms with Crippen molar-refractivity contribution in [2.45, 2.75) is 37.9 Å². The third-order valence-electron chi connectivity index (χ3n) is 2.95. The molecule has 0 aliphatic carbocycles. The molecule has 0 saturated carbocycles. The predicted molar refractivity (Wildman–Crippen MR) is 84.2 cm³/mol. The molecule has 3 unspecified atom stereocenters. The van der Waals surface area contributed by atoms with Gasteiger partial charge in [-0.3, -0.25) is 24.0 Å². The molecule has 4 amide bonds. The Labute approximate surface area is 147 Å². The van der Waals surface area contributed by atoms with Gasteiger partial charge >= 0.3 is 11.9 Å². The van der Waals surface area contributed by atoms with Crippen LogP contribution in [0.3, 0.4) is 0 Å². The van der Waals surface area contributed by atoms with E-state index in [0.717, 1.165) is 0 Å². The summed E-state index contributed by atoms with van der Waals surface area (Å²) in [6, 6.07) is -4.09. The highest BCUT2D eigenvalue weighted by molar-refractivity contribution is 5.93. The van der Waals surface area contributed by atoms with Crippen molar-refractivity contribution in [3.05, 3.63) is 0 Å². The highest BCUT2D eigenvalue weighted by Gasteiger charge is 2.26. The van der Waals surface area contributed by atoms with Crippen LogP contribution >= 0.6 is 0 Å². The van der Waals surface area contributed by atoms with Crippen LogP contribution in [0.5, 0.6) is 0 Å². The van der Waals surface area contributed by atoms with Crippen LogP contribution in [0.1, 0.15) is 19.8 Å². The van der Waals surface area contributed by atoms with Gasteiger partial charge in [0.15, 0.2) is 0 Å². The molecule has 13 nitrogen and oxygen atoms in total. The molecular weight excluding hydrogens is 354 g/mol. The summed E-state index contributed by atoms with van der Waals surface area (Å²) in [6.45, 7) is 0.675. The minimum Gasteiger partial charge on any atom is -0.481 e. The first-order chi connectivity index (χ1) is 11.9. The fourth-order valence-electron chi connectivity index (χ4n) is 1.64. The van der Waals surface area contributed by atoms with E-state index < -0.39 is 73.1 Å². The van der Waals surface area contributed by atoms with Crippen molar-refractivity contribution >= 4 is 35.6 Å². The first-order valence-electron chi connectivity index (χ1n) is 7.30. The van der Waals surface area contributed by atoms with E-state index in [1.807, 2.05) is 5.32 Å². The van der Waals surface area contributed by atoms with Gasteiger partial charge in [0.1, 0.15) is 12.1 Å². The number of nitrogens with two attached hydrogens (primary N) is 2. The Morgan fingerprint density at radius 3 is 2.00 bits per heavy atom. The minimum atomic E-state index is -1.66. The normalized spacial score (nSPS) is 13.6. The number of carbonyl (C=O) groups is 6. The quantitative estimate of drug-likeness (QED) is 0.185. The molecule has 0 saturated heterocycles. The van der Waals surface area contributed by atoms with E-state index in [1.165, 1.54) is 6.92 Å². The fraction of sp³-hybridized carbons (Fsp3) is 0.538. The third kappa shape index (κ3) is 9.17. The average Bonchev–Trinajstić information content (AvgIpc) is 2.50. The molecule has 0 fully saturated rings. The van der Waals surface area contributed by atoms with Crippen LogP contribution in [-0.4, -0.2) is 70.5 Å². The van der Waals surface area contributed by atoms with E-state index in [2.05, 4.69) is 10.6 Å². The Morgan fingerprint density at radius 1 is 0.962 bits per heavy atom. The molecule has 0 aromatic heterocycles. The summed E-state index contributed by atoms with van der Waals surface area (Å²) < 4.78 is 0. The zero-order chi connectivity index (χ0) is 20.4. The molecule has 0 radical (unpaired) electrons. The van der Waals surface area contributed by atoms with Gasteiger partial charge in [-0.1, -0.05) is 0 Å². The predicted octanol–water partition coefficient (Wildman–Crippen LogP) is -4.15. The van der Waals surface area contributed by atoms with E-state index in [4.69, 9.17) is 21.7 Å². The SMILES string of the molecule is CC(NC(=O)CNC(=O)C(N)CC(N)=O)C(=O)NC(CC(=O)O)C(=O)O. The third-order valence-corrected chi connectivity index (χ3v) is 2.95. The van der Waals surface area contributed by atoms with Gasteiger partial charge in [0.25, 0.3) is 0 Å². The van der Waals surface area contributed by atoms with Crippen molar-refractivity contribution in [2.24, 2.45) is 11.5 Å². The second-order valence-corrected chi connectivity index (χ2v) is 5.28. The highest BCUT2D eigenvalue weighted by Crippen LogP contribution is 1.95. The Morgan fingerprint density at radius 2 is 1.54 bits per heavy atom. The Balaban J connectivity index is 4.45. The number of carbonyl (C=O) groups excluding carboxylic acids is 4. The molecule has 9 N–H and O–H groups in total. The Bertz CT molecular complexity index is 593. The molecular formula is C13H21N5O8. The molecule has 26 heavy (non-hydrogen) atoms. The smallest absolute Gasteiger partial charge is 0.326 e. The Hall–Kier alpha value is -3.22. The highest BCUT2D eigenvalue weighted by atomic mass is 16.4. The Kier molecular flexibility index (Phi) is 9.29. The van der Waals surface area contributed by atoms with Gasteiger partial charge in [-0.2, -0.15) is 0 Å². The zero-order valence-electron chi connectivity index (χ0n) is 13.9. The molecule has 3 atom stereocenters. The van der Waals surface area contributed by atoms with Crippen molar-refractivity contribution in [1.82, 2.24) is 16.0 Å². The van der Waals surface area contributed by atoms with E-state index in [1.54, 1.807) is 0 Å². The monoisotopic (exact) mass is 375 g/mol. The number of nitrogens with one attached hydrogen (secondary N) is 3. The molecule has 0 bridgehead atoms. The number of carboxylic acid groups (broad SMARTS) is 2. The van der Waals surface area contributed by atoms with Gasteiger partial charge in [0.05, 0.1) is 25.4 Å². The second kappa shape index (κ2) is 10.6. The van der Waals surface area contributed by atoms with Crippen molar-refractivity contribution in [3.8, 4) is 0 Å². The lowest BCUT2D eigenvalue weighted by molar-refractivity contribution is -0.147. The van der Waals surface area contributed by atoms with Crippen LogP contribution in [0.2, 0.25) is 0 Å². The first-order valence-corrected chi connectivity index (χ1v) is 7.30. The van der Waals surface area contributed by atoms with Gasteiger partial charge in [-0.15, -0.1) is 0 Å². The summed E-state index contributed by atoms with van der Waals surface area (Å²) in [5.41, 5.74) is 10.2. The number of hydrogen-bond donors (Lipinski definition) is 7. The summed E-state index contributed by atoms with van der Waals surface area (Å²) in [4.78, 5) is 67.0. The van der Waals surface area contributed by atoms with E-state index in [0.29, 0.717) is 0 Å². The number of aliphatic carboxylic acids is 2. The van der Waals surface area contributed by atoms with Crippen molar-refractivity contribution in [3.63, 3.8) is 0 Å². The maximum atomic E-state index is 11.8. The first kappa shape index (κ1) is 22.8. The van der Waals surface area contributed by atoms with Crippen LogP contribution < -0.4 is 27.4 Å². The van der Waals surface area contributed by atoms with Gasteiger partial charge < -0.3 is 37.6 Å². The maximum absolute atomic E-state index is 11.8. The fourth-order valence-corrected chi connectivity index (χ4v) is 1.64. The number of primary amides is 1. The lowest BCUT2D eigenvalue weighted by Crippen LogP contribution is -2.53. The summed E-state index contributed by atoms with van der Waals surface area (Å²) in [5, 5.41) is 23.7. The molecule has 0 aliphatic rings. The van der Waals surface area contributed by atoms with Crippen LogP contribution in [0.4, 0.5) is 0 Å². The molecule has 0 heterocycles. The van der Waals surface area contributed by atoms with Gasteiger partial charge in [-0.25, -0.2) is 4.79 Å². The van der Waals surface area contributed by atoms with Crippen molar-refractivity contribution in [2.75, 3.05) is 6.54 Å². The number of amides is 4. The van der Waals surface area contributed by atoms with Gasteiger partial charge in [0.2, 0.25) is 23.6 Å². The van der Waals surface area contributed by atoms with E-state index >= 15 is 0 Å². The second-order valence-electron chi connectivity index (χ2n) is 5.28. The summed E-state index contributed by atoms with van der Waals surface area (Å²) in [7, 11) is 0. The summed E-state index contributed by atoms with van der Waals surface area (Å²) in [5.74, 6) is -6.29. The number of rotatable bonds is 11. The number of hydrogen-bond acceptors (Lipinski definition) is 7. The average molecular weight is 375 g/mol. The maximum Gasteiger partial charge on any atom is 0.326 e. The van der Waals surface area contributed by atoms with Crippen molar-refractivity contribution < 1.29 is 39.0 Å². The minimum absolute atomic E-state index is 0.410. The largest absolute Gasteiger partial charge is 0.481 e. The molecule has 0 aliphatic heterocycles. The van der Waals surface area contributed by atoms with Gasteiger partial charge in [0, 0.05) is 0 Å². The van der Waals surface area contributed by atoms with E-state index in [-0.39, 0.29) is 0 Å². The van der Waals surface area contributed by atoms with Crippen LogP contribution in [0.25, 0.3) is 0 Å². The van der Waals surface area contributed by atoms with Gasteiger partial charge in [-0.05, 0) is 6.92 Å². The molecule has 0 rings (SSSR count). The van der Waals surface area contributed by atoms with Crippen molar-refractivity contribution in [1.29, 1.82) is 0 Å². The topological polar surface area (TPSA) is 231 Å². The molecule has 0 aromatic carbocycles. The van der Waals surface area contributed by atoms with Crippen LogP contribution in [0, 0.1) is 0 Å².